The van der Waals surface area contributed by atoms with Crippen molar-refractivity contribution in [1.82, 2.24) is 14.5 Å². The number of amides is 1. The fourth-order valence-electron chi connectivity index (χ4n) is 1.23. The highest BCUT2D eigenvalue weighted by molar-refractivity contribution is 5.76. The fraction of sp³-hybridized carbons (Fsp3) is 0.400. The molecule has 0 aromatic carbocycles. The Bertz CT molecular complexity index is 292. The van der Waals surface area contributed by atoms with Crippen LogP contribution in [0.5, 0.6) is 0 Å². The van der Waals surface area contributed by atoms with Gasteiger partial charge in [0, 0.05) is 25.5 Å². The first-order chi connectivity index (χ1) is 6.79. The van der Waals surface area contributed by atoms with Gasteiger partial charge in [-0.25, -0.2) is 9.78 Å². The van der Waals surface area contributed by atoms with E-state index in [2.05, 4.69) is 11.6 Å². The summed E-state index contributed by atoms with van der Waals surface area (Å²) in [6.45, 7) is 6.98. The maximum Gasteiger partial charge on any atom is 0.329 e. The Morgan fingerprint density at radius 3 is 3.00 bits per heavy atom. The van der Waals surface area contributed by atoms with Crippen molar-refractivity contribution < 1.29 is 4.79 Å². The molecule has 0 radical (unpaired) electrons. The van der Waals surface area contributed by atoms with Gasteiger partial charge in [-0.15, -0.1) is 6.58 Å². The summed E-state index contributed by atoms with van der Waals surface area (Å²) in [6.07, 6.45) is 7.41. The van der Waals surface area contributed by atoms with E-state index in [-0.39, 0.29) is 6.03 Å². The van der Waals surface area contributed by atoms with Gasteiger partial charge in [0.15, 0.2) is 0 Å². The predicted molar refractivity (Wildman–Crippen MR) is 55.1 cm³/mol. The monoisotopic (exact) mass is 193 g/mol. The molecule has 0 aliphatic rings. The van der Waals surface area contributed by atoms with E-state index in [9.17, 15) is 4.79 Å². The number of imidazole rings is 1. The molecule has 1 aromatic heterocycles. The quantitative estimate of drug-likeness (QED) is 0.683. The molecule has 1 rings (SSSR count). The van der Waals surface area contributed by atoms with Crippen LogP contribution in [0.25, 0.3) is 0 Å². The lowest BCUT2D eigenvalue weighted by molar-refractivity contribution is 0.205. The van der Waals surface area contributed by atoms with E-state index in [1.807, 2.05) is 6.92 Å². The normalized spacial score (nSPS) is 9.79. The van der Waals surface area contributed by atoms with Crippen LogP contribution < -0.4 is 0 Å². The standard InChI is InChI=1S/C10H15N3O/c1-3-6-12(7-4-2)10(14)13-8-5-11-9-13/h3,5,8-9H,1,4,6-7H2,2H3. The van der Waals surface area contributed by atoms with Gasteiger partial charge in [-0.2, -0.15) is 0 Å². The number of carbonyl (C=O) groups excluding carboxylic acids is 1. The van der Waals surface area contributed by atoms with Gasteiger partial charge in [0.1, 0.15) is 6.33 Å². The number of carbonyl (C=O) groups is 1. The topological polar surface area (TPSA) is 38.1 Å². The maximum atomic E-state index is 11.8. The van der Waals surface area contributed by atoms with Crippen LogP contribution >= 0.6 is 0 Å². The minimum Gasteiger partial charge on any atom is -0.320 e. The van der Waals surface area contributed by atoms with Crippen molar-refractivity contribution in [1.29, 1.82) is 0 Å². The molecule has 14 heavy (non-hydrogen) atoms. The first kappa shape index (κ1) is 10.5. The summed E-state index contributed by atoms with van der Waals surface area (Å²) in [4.78, 5) is 17.4. The van der Waals surface area contributed by atoms with Gasteiger partial charge in [0.2, 0.25) is 0 Å². The first-order valence-corrected chi connectivity index (χ1v) is 4.67. The molecular weight excluding hydrogens is 178 g/mol. The molecule has 0 fully saturated rings. The van der Waals surface area contributed by atoms with Crippen molar-refractivity contribution in [3.63, 3.8) is 0 Å². The van der Waals surface area contributed by atoms with Crippen LogP contribution in [-0.2, 0) is 0 Å². The van der Waals surface area contributed by atoms with E-state index in [0.717, 1.165) is 13.0 Å². The van der Waals surface area contributed by atoms with Crippen molar-refractivity contribution in [2.45, 2.75) is 13.3 Å². The summed E-state index contributed by atoms with van der Waals surface area (Å²) < 4.78 is 1.47. The van der Waals surface area contributed by atoms with E-state index in [1.54, 1.807) is 23.4 Å². The Hall–Kier alpha value is -1.58. The number of hydrogen-bond donors (Lipinski definition) is 0. The fourth-order valence-corrected chi connectivity index (χ4v) is 1.23. The van der Waals surface area contributed by atoms with Gasteiger partial charge in [0.25, 0.3) is 0 Å². The summed E-state index contributed by atoms with van der Waals surface area (Å²) in [6, 6.07) is -0.0516. The SMILES string of the molecule is C=CCN(CCC)C(=O)n1ccnc1. The molecule has 0 spiro atoms. The molecule has 0 atom stereocenters. The molecule has 0 bridgehead atoms. The zero-order chi connectivity index (χ0) is 10.4. The Morgan fingerprint density at radius 1 is 1.71 bits per heavy atom. The third-order valence-corrected chi connectivity index (χ3v) is 1.84. The zero-order valence-electron chi connectivity index (χ0n) is 8.39. The van der Waals surface area contributed by atoms with Gasteiger partial charge in [0.05, 0.1) is 0 Å². The molecule has 4 heteroatoms. The van der Waals surface area contributed by atoms with Gasteiger partial charge >= 0.3 is 6.03 Å². The third-order valence-electron chi connectivity index (χ3n) is 1.84. The Kier molecular flexibility index (Phi) is 3.91. The highest BCUT2D eigenvalue weighted by Crippen LogP contribution is 1.98. The molecule has 1 aromatic rings. The summed E-state index contributed by atoms with van der Waals surface area (Å²) in [5.41, 5.74) is 0. The molecule has 0 unspecified atom stereocenters. The van der Waals surface area contributed by atoms with Crippen molar-refractivity contribution in [2.24, 2.45) is 0 Å². The molecule has 0 aliphatic carbocycles. The smallest absolute Gasteiger partial charge is 0.320 e. The molecule has 4 nitrogen and oxygen atoms in total. The van der Waals surface area contributed by atoms with Gasteiger partial charge in [-0.1, -0.05) is 13.0 Å². The Morgan fingerprint density at radius 2 is 2.50 bits per heavy atom. The molecule has 0 saturated carbocycles. The molecule has 0 aliphatic heterocycles. The second-order valence-electron chi connectivity index (χ2n) is 2.99. The lowest BCUT2D eigenvalue weighted by Crippen LogP contribution is -2.34. The van der Waals surface area contributed by atoms with Crippen LogP contribution in [-0.4, -0.2) is 33.6 Å². The summed E-state index contributed by atoms with van der Waals surface area (Å²) >= 11 is 0. The van der Waals surface area contributed by atoms with E-state index in [4.69, 9.17) is 0 Å². The van der Waals surface area contributed by atoms with Gasteiger partial charge < -0.3 is 4.90 Å². The predicted octanol–water partition coefficient (Wildman–Crippen LogP) is 1.75. The molecule has 76 valence electrons. The second-order valence-corrected chi connectivity index (χ2v) is 2.99. The van der Waals surface area contributed by atoms with Crippen LogP contribution in [0.15, 0.2) is 31.4 Å². The summed E-state index contributed by atoms with van der Waals surface area (Å²) in [7, 11) is 0. The number of aromatic nitrogens is 2. The lowest BCUT2D eigenvalue weighted by Gasteiger charge is -2.19. The van der Waals surface area contributed by atoms with E-state index >= 15 is 0 Å². The van der Waals surface area contributed by atoms with Crippen molar-refractivity contribution in [3.8, 4) is 0 Å². The van der Waals surface area contributed by atoms with Gasteiger partial charge in [-0.3, -0.25) is 4.57 Å². The maximum absolute atomic E-state index is 11.8. The van der Waals surface area contributed by atoms with Crippen LogP contribution in [0.2, 0.25) is 0 Å². The molecule has 1 amide bonds. The molecule has 1 heterocycles. The third kappa shape index (κ3) is 2.45. The highest BCUT2D eigenvalue weighted by Gasteiger charge is 2.11. The lowest BCUT2D eigenvalue weighted by atomic mass is 10.4. The number of nitrogens with zero attached hydrogens (tertiary/aromatic N) is 3. The average Bonchev–Trinajstić information content (AvgIpc) is 2.69. The van der Waals surface area contributed by atoms with E-state index < -0.39 is 0 Å². The van der Waals surface area contributed by atoms with Crippen molar-refractivity contribution >= 4 is 6.03 Å². The minimum atomic E-state index is -0.0516. The Labute approximate surface area is 83.9 Å². The zero-order valence-corrected chi connectivity index (χ0v) is 8.39. The highest BCUT2D eigenvalue weighted by atomic mass is 16.2. The van der Waals surface area contributed by atoms with Crippen LogP contribution in [0.1, 0.15) is 13.3 Å². The largest absolute Gasteiger partial charge is 0.329 e. The number of hydrogen-bond acceptors (Lipinski definition) is 2. The van der Waals surface area contributed by atoms with Crippen LogP contribution in [0, 0.1) is 0 Å². The molecule has 0 saturated heterocycles. The minimum absolute atomic E-state index is 0.0516. The van der Waals surface area contributed by atoms with Crippen LogP contribution in [0.4, 0.5) is 4.79 Å². The summed E-state index contributed by atoms with van der Waals surface area (Å²) in [5.74, 6) is 0. The molecular formula is C10H15N3O. The van der Waals surface area contributed by atoms with E-state index in [1.165, 1.54) is 10.9 Å². The van der Waals surface area contributed by atoms with Crippen molar-refractivity contribution in [2.75, 3.05) is 13.1 Å². The number of rotatable bonds is 4. The first-order valence-electron chi connectivity index (χ1n) is 4.67. The second kappa shape index (κ2) is 5.21. The average molecular weight is 193 g/mol. The molecule has 0 N–H and O–H groups in total. The van der Waals surface area contributed by atoms with Crippen molar-refractivity contribution in [3.05, 3.63) is 31.4 Å². The summed E-state index contributed by atoms with van der Waals surface area (Å²) in [5, 5.41) is 0. The van der Waals surface area contributed by atoms with E-state index in [0.29, 0.717) is 6.54 Å². The Balaban J connectivity index is 2.68. The van der Waals surface area contributed by atoms with Gasteiger partial charge in [-0.05, 0) is 6.42 Å². The van der Waals surface area contributed by atoms with Crippen LogP contribution in [0.3, 0.4) is 0 Å².